The number of carbonyl (C=O) groups excluding carboxylic acids is 2. The van der Waals surface area contributed by atoms with Crippen LogP contribution in [0.4, 0.5) is 10.1 Å². The second-order valence-electron chi connectivity index (χ2n) is 6.03. The van der Waals surface area contributed by atoms with Gasteiger partial charge in [-0.1, -0.05) is 6.07 Å². The maximum Gasteiger partial charge on any atom is 0.291 e. The van der Waals surface area contributed by atoms with Crippen LogP contribution < -0.4 is 10.6 Å². The highest BCUT2D eigenvalue weighted by Crippen LogP contribution is 2.26. The molecule has 0 aliphatic rings. The standard InChI is InChI=1S/C20H15FN4O3S/c1-22-19(26)17-6-7-18(28-17)20(27)23-16-9-12-14(5-4-11-3-2-8-29-11)24-25-15(12)10-13(16)21/h2-10H,1H3,(H,22,26)(H,23,27)(H,24,25). The highest BCUT2D eigenvalue weighted by atomic mass is 32.1. The summed E-state index contributed by atoms with van der Waals surface area (Å²) in [4.78, 5) is 25.0. The first-order valence-electron chi connectivity index (χ1n) is 8.57. The number of aromatic nitrogens is 2. The summed E-state index contributed by atoms with van der Waals surface area (Å²) in [5, 5.41) is 14.5. The first-order valence-corrected chi connectivity index (χ1v) is 9.45. The quantitative estimate of drug-likeness (QED) is 0.460. The predicted octanol–water partition coefficient (Wildman–Crippen LogP) is 4.14. The fourth-order valence-corrected chi connectivity index (χ4v) is 3.34. The Bertz CT molecular complexity index is 1220. The first kappa shape index (κ1) is 18.6. The summed E-state index contributed by atoms with van der Waals surface area (Å²) in [6, 6.07) is 9.40. The average Bonchev–Trinajstić information content (AvgIpc) is 3.47. The van der Waals surface area contributed by atoms with Crippen molar-refractivity contribution in [2.45, 2.75) is 0 Å². The van der Waals surface area contributed by atoms with E-state index in [4.69, 9.17) is 4.42 Å². The highest BCUT2D eigenvalue weighted by molar-refractivity contribution is 7.10. The molecule has 0 saturated carbocycles. The smallest absolute Gasteiger partial charge is 0.291 e. The third-order valence-electron chi connectivity index (χ3n) is 4.16. The lowest BCUT2D eigenvalue weighted by Gasteiger charge is -2.05. The number of thiophene rings is 1. The lowest BCUT2D eigenvalue weighted by molar-refractivity contribution is 0.0927. The van der Waals surface area contributed by atoms with Gasteiger partial charge in [-0.15, -0.1) is 11.3 Å². The van der Waals surface area contributed by atoms with E-state index in [-0.39, 0.29) is 17.2 Å². The van der Waals surface area contributed by atoms with Gasteiger partial charge in [0.25, 0.3) is 11.8 Å². The number of carbonyl (C=O) groups is 2. The van der Waals surface area contributed by atoms with Crippen molar-refractivity contribution in [2.24, 2.45) is 0 Å². The number of nitrogens with zero attached hydrogens (tertiary/aromatic N) is 1. The molecule has 146 valence electrons. The van der Waals surface area contributed by atoms with Crippen LogP contribution in [0.1, 0.15) is 31.7 Å². The van der Waals surface area contributed by atoms with Crippen molar-refractivity contribution in [3.8, 4) is 0 Å². The summed E-state index contributed by atoms with van der Waals surface area (Å²) in [6.07, 6.45) is 3.72. The maximum absolute atomic E-state index is 14.4. The Kier molecular flexibility index (Phi) is 4.96. The molecule has 0 aliphatic heterocycles. The molecule has 0 spiro atoms. The molecule has 0 atom stereocenters. The molecule has 0 radical (unpaired) electrons. The number of aromatic amines is 1. The van der Waals surface area contributed by atoms with Gasteiger partial charge < -0.3 is 15.1 Å². The number of hydrogen-bond acceptors (Lipinski definition) is 5. The van der Waals surface area contributed by atoms with Gasteiger partial charge in [-0.25, -0.2) is 4.39 Å². The Morgan fingerprint density at radius 1 is 1.17 bits per heavy atom. The number of halogens is 1. The lowest BCUT2D eigenvalue weighted by atomic mass is 10.1. The van der Waals surface area contributed by atoms with Crippen molar-refractivity contribution in [1.82, 2.24) is 15.5 Å². The summed E-state index contributed by atoms with van der Waals surface area (Å²) in [5.74, 6) is -1.87. The third kappa shape index (κ3) is 3.81. The molecule has 2 amide bonds. The number of rotatable bonds is 5. The number of furan rings is 1. The minimum Gasteiger partial charge on any atom is -0.446 e. The van der Waals surface area contributed by atoms with Gasteiger partial charge in [-0.05, 0) is 41.8 Å². The average molecular weight is 410 g/mol. The van der Waals surface area contributed by atoms with Gasteiger partial charge in [0, 0.05) is 23.4 Å². The Labute approximate surface area is 168 Å². The molecule has 4 rings (SSSR count). The minimum absolute atomic E-state index is 0.00981. The van der Waals surface area contributed by atoms with Gasteiger partial charge in [0.05, 0.1) is 16.9 Å². The van der Waals surface area contributed by atoms with Crippen LogP contribution in [-0.4, -0.2) is 29.1 Å². The molecule has 0 fully saturated rings. The molecular weight excluding hydrogens is 395 g/mol. The van der Waals surface area contributed by atoms with Crippen LogP contribution in [-0.2, 0) is 0 Å². The topological polar surface area (TPSA) is 100 Å². The van der Waals surface area contributed by atoms with Gasteiger partial charge >= 0.3 is 0 Å². The van der Waals surface area contributed by atoms with Crippen LogP contribution in [0.15, 0.2) is 46.2 Å². The van der Waals surface area contributed by atoms with Crippen molar-refractivity contribution in [2.75, 3.05) is 12.4 Å². The third-order valence-corrected chi connectivity index (χ3v) is 5.00. The summed E-state index contributed by atoms with van der Waals surface area (Å²) in [7, 11) is 1.45. The predicted molar refractivity (Wildman–Crippen MR) is 109 cm³/mol. The van der Waals surface area contributed by atoms with Crippen molar-refractivity contribution in [3.05, 3.63) is 69.7 Å². The van der Waals surface area contributed by atoms with Crippen molar-refractivity contribution in [1.29, 1.82) is 0 Å². The minimum atomic E-state index is -0.669. The molecule has 9 heteroatoms. The Morgan fingerprint density at radius 3 is 2.69 bits per heavy atom. The molecule has 0 saturated heterocycles. The molecule has 3 N–H and O–H groups in total. The van der Waals surface area contributed by atoms with Crippen molar-refractivity contribution < 1.29 is 18.4 Å². The second-order valence-corrected chi connectivity index (χ2v) is 7.01. The van der Waals surface area contributed by atoms with Crippen LogP contribution in [0.25, 0.3) is 23.1 Å². The molecular formula is C20H15FN4O3S. The van der Waals surface area contributed by atoms with Gasteiger partial charge in [0.1, 0.15) is 5.82 Å². The number of H-pyrrole nitrogens is 1. The Hall–Kier alpha value is -3.72. The number of nitrogens with one attached hydrogen (secondary N) is 3. The number of fused-ring (bicyclic) bond motifs is 1. The first-order chi connectivity index (χ1) is 14.0. The zero-order valence-corrected chi connectivity index (χ0v) is 16.0. The Balaban J connectivity index is 1.60. The molecule has 0 bridgehead atoms. The Morgan fingerprint density at radius 2 is 1.97 bits per heavy atom. The van der Waals surface area contributed by atoms with E-state index in [2.05, 4.69) is 20.8 Å². The molecule has 0 aliphatic carbocycles. The van der Waals surface area contributed by atoms with E-state index in [1.54, 1.807) is 11.3 Å². The van der Waals surface area contributed by atoms with Gasteiger partial charge in [-0.2, -0.15) is 5.10 Å². The van der Waals surface area contributed by atoms with E-state index < -0.39 is 17.6 Å². The van der Waals surface area contributed by atoms with E-state index in [1.165, 1.54) is 31.3 Å². The molecule has 3 heterocycles. The van der Waals surface area contributed by atoms with Crippen LogP contribution in [0.2, 0.25) is 0 Å². The largest absolute Gasteiger partial charge is 0.446 e. The van der Waals surface area contributed by atoms with Gasteiger partial charge in [0.15, 0.2) is 11.5 Å². The zero-order valence-electron chi connectivity index (χ0n) is 15.2. The maximum atomic E-state index is 14.4. The van der Waals surface area contributed by atoms with Gasteiger partial charge in [-0.3, -0.25) is 14.7 Å². The van der Waals surface area contributed by atoms with Crippen molar-refractivity contribution in [3.63, 3.8) is 0 Å². The van der Waals surface area contributed by atoms with Crippen LogP contribution in [0, 0.1) is 5.82 Å². The lowest BCUT2D eigenvalue weighted by Crippen LogP contribution is -2.17. The van der Waals surface area contributed by atoms with E-state index in [1.807, 2.05) is 29.7 Å². The fraction of sp³-hybridized carbons (Fsp3) is 0.0500. The molecule has 29 heavy (non-hydrogen) atoms. The molecule has 1 aromatic carbocycles. The summed E-state index contributed by atoms with van der Waals surface area (Å²) >= 11 is 1.59. The van der Waals surface area contributed by atoms with E-state index in [0.717, 1.165) is 4.88 Å². The van der Waals surface area contributed by atoms with E-state index in [0.29, 0.717) is 16.6 Å². The number of amides is 2. The fourth-order valence-electron chi connectivity index (χ4n) is 2.72. The second kappa shape index (κ2) is 7.72. The summed E-state index contributed by atoms with van der Waals surface area (Å²) in [5.41, 5.74) is 1.10. The van der Waals surface area contributed by atoms with Crippen LogP contribution in [0.5, 0.6) is 0 Å². The number of anilines is 1. The molecule has 0 unspecified atom stereocenters. The number of hydrogen-bond donors (Lipinski definition) is 3. The summed E-state index contributed by atoms with van der Waals surface area (Å²) in [6.45, 7) is 0. The van der Waals surface area contributed by atoms with Gasteiger partial charge in [0.2, 0.25) is 0 Å². The molecule has 4 aromatic rings. The van der Waals surface area contributed by atoms with E-state index >= 15 is 0 Å². The molecule has 3 aromatic heterocycles. The summed E-state index contributed by atoms with van der Waals surface area (Å²) < 4.78 is 19.6. The van der Waals surface area contributed by atoms with Crippen LogP contribution in [0.3, 0.4) is 0 Å². The normalized spacial score (nSPS) is 11.2. The monoisotopic (exact) mass is 410 g/mol. The number of benzene rings is 1. The zero-order chi connectivity index (χ0) is 20.4. The van der Waals surface area contributed by atoms with Crippen LogP contribution >= 0.6 is 11.3 Å². The molecule has 7 nitrogen and oxygen atoms in total. The van der Waals surface area contributed by atoms with Crippen molar-refractivity contribution >= 4 is 51.9 Å². The highest BCUT2D eigenvalue weighted by Gasteiger charge is 2.17. The van der Waals surface area contributed by atoms with E-state index in [9.17, 15) is 14.0 Å². The SMILES string of the molecule is CNC(=O)c1ccc(C(=O)Nc2cc3c(C=Cc4cccs4)n[nH]c3cc2F)o1.